The van der Waals surface area contributed by atoms with Crippen molar-refractivity contribution < 1.29 is 14.2 Å². The summed E-state index contributed by atoms with van der Waals surface area (Å²) in [5.74, 6) is 2.44. The van der Waals surface area contributed by atoms with Crippen LogP contribution in [0.4, 0.5) is 0 Å². The Morgan fingerprint density at radius 1 is 1.16 bits per heavy atom. The molecule has 0 unspecified atom stereocenters. The van der Waals surface area contributed by atoms with Crippen LogP contribution in [-0.4, -0.2) is 65.5 Å². The van der Waals surface area contributed by atoms with E-state index in [1.165, 1.54) is 5.56 Å². The van der Waals surface area contributed by atoms with E-state index in [1.807, 2.05) is 12.1 Å². The van der Waals surface area contributed by atoms with Gasteiger partial charge in [-0.1, -0.05) is 6.07 Å². The molecule has 0 radical (unpaired) electrons. The maximum Gasteiger partial charge on any atom is 0.193 e. The van der Waals surface area contributed by atoms with E-state index >= 15 is 0 Å². The molecule has 0 aliphatic heterocycles. The predicted octanol–water partition coefficient (Wildman–Crippen LogP) is 2.80. The SMILES string of the molecule is CCNC(=NCCCOC)N(C)CCc1ccc(OC)c(OC)c1.I. The first-order chi connectivity index (χ1) is 11.7. The number of hydrogen-bond donors (Lipinski definition) is 1. The van der Waals surface area contributed by atoms with Crippen molar-refractivity contribution in [2.45, 2.75) is 19.8 Å². The molecular weight excluding hydrogens is 433 g/mol. The van der Waals surface area contributed by atoms with Crippen molar-refractivity contribution in [1.82, 2.24) is 10.2 Å². The van der Waals surface area contributed by atoms with Gasteiger partial charge in [-0.05, 0) is 37.5 Å². The summed E-state index contributed by atoms with van der Waals surface area (Å²) in [5, 5.41) is 3.33. The van der Waals surface area contributed by atoms with Gasteiger partial charge >= 0.3 is 0 Å². The highest BCUT2D eigenvalue weighted by atomic mass is 127. The molecule has 0 aromatic heterocycles. The quantitative estimate of drug-likeness (QED) is 0.249. The number of nitrogens with zero attached hydrogens (tertiary/aromatic N) is 2. The number of aliphatic imine (C=N–C) groups is 1. The van der Waals surface area contributed by atoms with Crippen molar-refractivity contribution in [1.29, 1.82) is 0 Å². The number of rotatable bonds is 10. The van der Waals surface area contributed by atoms with Crippen LogP contribution in [-0.2, 0) is 11.2 Å². The van der Waals surface area contributed by atoms with Crippen LogP contribution in [0.25, 0.3) is 0 Å². The molecule has 1 aromatic carbocycles. The third-order valence-electron chi connectivity index (χ3n) is 3.65. The number of ether oxygens (including phenoxy) is 3. The van der Waals surface area contributed by atoms with Gasteiger partial charge in [0.05, 0.1) is 14.2 Å². The van der Waals surface area contributed by atoms with Crippen molar-refractivity contribution in [3.63, 3.8) is 0 Å². The molecule has 0 amide bonds. The fourth-order valence-electron chi connectivity index (χ4n) is 2.30. The zero-order chi connectivity index (χ0) is 17.8. The van der Waals surface area contributed by atoms with Gasteiger partial charge in [0.1, 0.15) is 0 Å². The number of hydrogen-bond acceptors (Lipinski definition) is 4. The van der Waals surface area contributed by atoms with Gasteiger partial charge in [0.25, 0.3) is 0 Å². The van der Waals surface area contributed by atoms with Gasteiger partial charge in [-0.2, -0.15) is 0 Å². The lowest BCUT2D eigenvalue weighted by atomic mass is 10.1. The highest BCUT2D eigenvalue weighted by Crippen LogP contribution is 2.27. The van der Waals surface area contributed by atoms with E-state index in [1.54, 1.807) is 21.3 Å². The predicted molar refractivity (Wildman–Crippen MR) is 114 cm³/mol. The van der Waals surface area contributed by atoms with Gasteiger partial charge in [-0.15, -0.1) is 24.0 Å². The fraction of sp³-hybridized carbons (Fsp3) is 0.611. The van der Waals surface area contributed by atoms with E-state index in [2.05, 4.69) is 35.2 Å². The van der Waals surface area contributed by atoms with Crippen LogP contribution < -0.4 is 14.8 Å². The molecule has 7 heteroatoms. The number of guanidine groups is 1. The van der Waals surface area contributed by atoms with Gasteiger partial charge in [0.2, 0.25) is 0 Å². The molecule has 1 rings (SSSR count). The number of nitrogens with one attached hydrogen (secondary N) is 1. The Morgan fingerprint density at radius 2 is 1.88 bits per heavy atom. The van der Waals surface area contributed by atoms with Gasteiger partial charge in [-0.25, -0.2) is 0 Å². The lowest BCUT2D eigenvalue weighted by molar-refractivity contribution is 0.197. The lowest BCUT2D eigenvalue weighted by Crippen LogP contribution is -2.40. The maximum atomic E-state index is 5.36. The summed E-state index contributed by atoms with van der Waals surface area (Å²) in [4.78, 5) is 6.78. The molecule has 0 bridgehead atoms. The Bertz CT molecular complexity index is 512. The first-order valence-electron chi connectivity index (χ1n) is 8.35. The van der Waals surface area contributed by atoms with E-state index < -0.39 is 0 Å². The molecule has 0 saturated heterocycles. The molecule has 0 saturated carbocycles. The van der Waals surface area contributed by atoms with Crippen LogP contribution in [0.15, 0.2) is 23.2 Å². The second-order valence-corrected chi connectivity index (χ2v) is 5.44. The molecule has 0 atom stereocenters. The Morgan fingerprint density at radius 3 is 2.48 bits per heavy atom. The molecule has 6 nitrogen and oxygen atoms in total. The minimum absolute atomic E-state index is 0. The van der Waals surface area contributed by atoms with Crippen LogP contribution in [0.3, 0.4) is 0 Å². The molecule has 0 fully saturated rings. The zero-order valence-corrected chi connectivity index (χ0v) is 18.3. The number of benzene rings is 1. The van der Waals surface area contributed by atoms with Crippen molar-refractivity contribution >= 4 is 29.9 Å². The lowest BCUT2D eigenvalue weighted by Gasteiger charge is -2.22. The molecule has 1 aromatic rings. The second-order valence-electron chi connectivity index (χ2n) is 5.44. The first-order valence-corrected chi connectivity index (χ1v) is 8.35. The van der Waals surface area contributed by atoms with Crippen LogP contribution in [0.2, 0.25) is 0 Å². The summed E-state index contributed by atoms with van der Waals surface area (Å²) >= 11 is 0. The highest BCUT2D eigenvalue weighted by molar-refractivity contribution is 14.0. The molecule has 25 heavy (non-hydrogen) atoms. The highest BCUT2D eigenvalue weighted by Gasteiger charge is 2.08. The Labute approximate surface area is 169 Å². The largest absolute Gasteiger partial charge is 0.493 e. The summed E-state index contributed by atoms with van der Waals surface area (Å²) in [6.07, 6.45) is 1.83. The van der Waals surface area contributed by atoms with Crippen LogP contribution in [0.5, 0.6) is 11.5 Å². The summed E-state index contributed by atoms with van der Waals surface area (Å²) in [5.41, 5.74) is 1.20. The normalized spacial score (nSPS) is 10.8. The third kappa shape index (κ3) is 8.62. The molecule has 1 N–H and O–H groups in total. The van der Waals surface area contributed by atoms with E-state index in [4.69, 9.17) is 14.2 Å². The summed E-state index contributed by atoms with van der Waals surface area (Å²) in [6, 6.07) is 6.03. The molecule has 0 heterocycles. The van der Waals surface area contributed by atoms with Crippen molar-refractivity contribution in [2.24, 2.45) is 4.99 Å². The fourth-order valence-corrected chi connectivity index (χ4v) is 2.30. The molecule has 0 aliphatic rings. The van der Waals surface area contributed by atoms with Gasteiger partial charge in [0.15, 0.2) is 17.5 Å². The minimum Gasteiger partial charge on any atom is -0.493 e. The van der Waals surface area contributed by atoms with Crippen molar-refractivity contribution in [3.05, 3.63) is 23.8 Å². The Kier molecular flexibility index (Phi) is 13.3. The first kappa shape index (κ1) is 23.8. The number of halogens is 1. The summed E-state index contributed by atoms with van der Waals surface area (Å²) < 4.78 is 15.7. The second kappa shape index (κ2) is 14.0. The van der Waals surface area contributed by atoms with E-state index in [-0.39, 0.29) is 24.0 Å². The Balaban J connectivity index is 0.00000576. The van der Waals surface area contributed by atoms with Crippen LogP contribution in [0, 0.1) is 0 Å². The van der Waals surface area contributed by atoms with Crippen molar-refractivity contribution in [3.8, 4) is 11.5 Å². The number of likely N-dealkylation sites (N-methyl/N-ethyl adjacent to an activating group) is 1. The average Bonchev–Trinajstić information content (AvgIpc) is 2.61. The minimum atomic E-state index is 0. The van der Waals surface area contributed by atoms with Crippen LogP contribution >= 0.6 is 24.0 Å². The van der Waals surface area contributed by atoms with Crippen molar-refractivity contribution in [2.75, 3.05) is 54.6 Å². The third-order valence-corrected chi connectivity index (χ3v) is 3.65. The summed E-state index contributed by atoms with van der Waals surface area (Å²) in [6.45, 7) is 5.29. The molecule has 144 valence electrons. The number of methoxy groups -OCH3 is 3. The van der Waals surface area contributed by atoms with Gasteiger partial charge in [0, 0.05) is 40.4 Å². The zero-order valence-electron chi connectivity index (χ0n) is 16.0. The Hall–Kier alpha value is -1.22. The van der Waals surface area contributed by atoms with E-state index in [9.17, 15) is 0 Å². The topological polar surface area (TPSA) is 55.3 Å². The van der Waals surface area contributed by atoms with E-state index in [0.717, 1.165) is 56.5 Å². The maximum absolute atomic E-state index is 5.36. The summed E-state index contributed by atoms with van der Waals surface area (Å²) in [7, 11) is 7.07. The average molecular weight is 465 g/mol. The van der Waals surface area contributed by atoms with Gasteiger partial charge < -0.3 is 24.4 Å². The standard InChI is InChI=1S/C18H31N3O3.HI/c1-6-19-18(20-11-7-13-22-3)21(2)12-10-15-8-9-16(23-4)17(14-15)24-5;/h8-9,14H,6-7,10-13H2,1-5H3,(H,19,20);1H. The molecule has 0 spiro atoms. The molecule has 0 aliphatic carbocycles. The molecular formula is C18H32IN3O3. The van der Waals surface area contributed by atoms with E-state index in [0.29, 0.717) is 0 Å². The monoisotopic (exact) mass is 465 g/mol. The van der Waals surface area contributed by atoms with Crippen LogP contribution in [0.1, 0.15) is 18.9 Å². The van der Waals surface area contributed by atoms with Gasteiger partial charge in [-0.3, -0.25) is 4.99 Å². The smallest absolute Gasteiger partial charge is 0.193 e.